The molecule has 2 aromatic rings. The number of carboxylic acids is 1. The zero-order valence-corrected chi connectivity index (χ0v) is 8.89. The molecule has 5 nitrogen and oxygen atoms in total. The number of nitrogens with zero attached hydrogens (tertiary/aromatic N) is 2. The fourth-order valence-electron chi connectivity index (χ4n) is 1.61. The second-order valence-corrected chi connectivity index (χ2v) is 3.57. The molecule has 1 heterocycles. The van der Waals surface area contributed by atoms with Crippen LogP contribution in [0, 0.1) is 6.92 Å². The smallest absolute Gasteiger partial charge is 0.335 e. The lowest BCUT2D eigenvalue weighted by atomic mass is 10.2. The number of carboxylic acid groups (broad SMARTS) is 1. The molecule has 0 saturated carbocycles. The zero-order chi connectivity index (χ0) is 11.9. The van der Waals surface area contributed by atoms with Crippen molar-refractivity contribution in [2.75, 3.05) is 0 Å². The van der Waals surface area contributed by atoms with Gasteiger partial charge < -0.3 is 9.67 Å². The van der Waals surface area contributed by atoms with Crippen molar-refractivity contribution in [1.29, 1.82) is 0 Å². The van der Waals surface area contributed by atoms with E-state index >= 15 is 0 Å². The zero-order valence-electron chi connectivity index (χ0n) is 8.89. The van der Waals surface area contributed by atoms with Gasteiger partial charge in [0.15, 0.2) is 0 Å². The average Bonchev–Trinajstić information content (AvgIpc) is 2.25. The molecule has 0 radical (unpaired) electrons. The summed E-state index contributed by atoms with van der Waals surface area (Å²) in [5.74, 6) is -1.00. The van der Waals surface area contributed by atoms with Crippen LogP contribution < -0.4 is 5.56 Å². The van der Waals surface area contributed by atoms with E-state index in [2.05, 4.69) is 4.98 Å². The van der Waals surface area contributed by atoms with Gasteiger partial charge in [0.2, 0.25) is 0 Å². The van der Waals surface area contributed by atoms with E-state index in [1.807, 2.05) is 0 Å². The number of aromatic carboxylic acids is 1. The van der Waals surface area contributed by atoms with Gasteiger partial charge in [-0.25, -0.2) is 9.78 Å². The van der Waals surface area contributed by atoms with Crippen molar-refractivity contribution in [2.24, 2.45) is 7.05 Å². The molecule has 0 saturated heterocycles. The molecule has 0 atom stereocenters. The van der Waals surface area contributed by atoms with Crippen LogP contribution in [-0.4, -0.2) is 20.6 Å². The highest BCUT2D eigenvalue weighted by atomic mass is 16.4. The molecule has 2 rings (SSSR count). The van der Waals surface area contributed by atoms with Gasteiger partial charge >= 0.3 is 5.97 Å². The summed E-state index contributed by atoms with van der Waals surface area (Å²) in [6.45, 7) is 1.61. The van der Waals surface area contributed by atoms with E-state index in [1.165, 1.54) is 16.7 Å². The molecule has 0 aliphatic heterocycles. The molecule has 0 bridgehead atoms. The Hall–Kier alpha value is -2.17. The molecule has 0 spiro atoms. The van der Waals surface area contributed by atoms with Crippen LogP contribution in [0.2, 0.25) is 0 Å². The van der Waals surface area contributed by atoms with Gasteiger partial charge in [-0.05, 0) is 25.1 Å². The summed E-state index contributed by atoms with van der Waals surface area (Å²) in [5.41, 5.74) is 1.49. The van der Waals surface area contributed by atoms with Gasteiger partial charge in [-0.1, -0.05) is 0 Å². The van der Waals surface area contributed by atoms with Crippen LogP contribution in [0.25, 0.3) is 11.0 Å². The maximum atomic E-state index is 11.6. The third-order valence-corrected chi connectivity index (χ3v) is 2.49. The highest BCUT2D eigenvalue weighted by molar-refractivity contribution is 5.92. The molecular weight excluding hydrogens is 208 g/mol. The average molecular weight is 218 g/mol. The normalized spacial score (nSPS) is 10.6. The molecule has 16 heavy (non-hydrogen) atoms. The Morgan fingerprint density at radius 3 is 2.75 bits per heavy atom. The van der Waals surface area contributed by atoms with Gasteiger partial charge in [0, 0.05) is 7.05 Å². The Bertz CT molecular complexity index is 643. The van der Waals surface area contributed by atoms with E-state index in [0.29, 0.717) is 16.7 Å². The summed E-state index contributed by atoms with van der Waals surface area (Å²) in [5, 5.41) is 8.84. The number of aryl methyl sites for hydroxylation is 2. The first-order chi connectivity index (χ1) is 7.50. The minimum absolute atomic E-state index is 0.165. The SMILES string of the molecule is Cc1nc2cc(C(=O)O)ccc2n(C)c1=O. The number of carbonyl (C=O) groups is 1. The Morgan fingerprint density at radius 2 is 2.12 bits per heavy atom. The topological polar surface area (TPSA) is 72.2 Å². The van der Waals surface area contributed by atoms with Crippen LogP contribution in [0.3, 0.4) is 0 Å². The van der Waals surface area contributed by atoms with Crippen molar-refractivity contribution in [3.8, 4) is 0 Å². The number of fused-ring (bicyclic) bond motifs is 1. The minimum Gasteiger partial charge on any atom is -0.478 e. The predicted molar refractivity (Wildman–Crippen MR) is 58.7 cm³/mol. The van der Waals surface area contributed by atoms with Crippen molar-refractivity contribution in [2.45, 2.75) is 6.92 Å². The van der Waals surface area contributed by atoms with Crippen molar-refractivity contribution < 1.29 is 9.90 Å². The number of hydrogen-bond acceptors (Lipinski definition) is 3. The third-order valence-electron chi connectivity index (χ3n) is 2.49. The molecule has 0 aliphatic rings. The molecule has 0 aliphatic carbocycles. The lowest BCUT2D eigenvalue weighted by molar-refractivity contribution is 0.0697. The number of benzene rings is 1. The fraction of sp³-hybridized carbons (Fsp3) is 0.182. The first-order valence-electron chi connectivity index (χ1n) is 4.71. The fourth-order valence-corrected chi connectivity index (χ4v) is 1.61. The van der Waals surface area contributed by atoms with Crippen molar-refractivity contribution in [3.05, 3.63) is 39.8 Å². The van der Waals surface area contributed by atoms with Gasteiger partial charge in [0.1, 0.15) is 5.69 Å². The molecule has 1 aromatic carbocycles. The summed E-state index contributed by atoms with van der Waals surface area (Å²) in [7, 11) is 1.64. The standard InChI is InChI=1S/C11H10N2O3/c1-6-10(14)13(2)9-4-3-7(11(15)16)5-8(9)12-6/h3-5H,1-2H3,(H,15,16). The Balaban J connectivity index is 2.86. The van der Waals surface area contributed by atoms with Gasteiger partial charge in [-0.3, -0.25) is 4.79 Å². The Labute approximate surface area is 91.0 Å². The molecule has 1 aromatic heterocycles. The van der Waals surface area contributed by atoms with Crippen LogP contribution in [-0.2, 0) is 7.05 Å². The van der Waals surface area contributed by atoms with Gasteiger partial charge in [-0.15, -0.1) is 0 Å². The first kappa shape index (κ1) is 10.4. The predicted octanol–water partition coefficient (Wildman–Crippen LogP) is 0.940. The Kier molecular flexibility index (Phi) is 2.23. The number of aromatic nitrogens is 2. The van der Waals surface area contributed by atoms with E-state index in [4.69, 9.17) is 5.11 Å². The molecule has 1 N–H and O–H groups in total. The van der Waals surface area contributed by atoms with Gasteiger partial charge in [-0.2, -0.15) is 0 Å². The van der Waals surface area contributed by atoms with Gasteiger partial charge in [0.25, 0.3) is 5.56 Å². The molecule has 0 unspecified atom stereocenters. The molecule has 82 valence electrons. The van der Waals surface area contributed by atoms with Crippen LogP contribution >= 0.6 is 0 Å². The maximum Gasteiger partial charge on any atom is 0.335 e. The van der Waals surface area contributed by atoms with Gasteiger partial charge in [0.05, 0.1) is 16.6 Å². The molecule has 5 heteroatoms. The second kappa shape index (κ2) is 3.44. The lowest BCUT2D eigenvalue weighted by Gasteiger charge is -2.05. The van der Waals surface area contributed by atoms with E-state index < -0.39 is 5.97 Å². The van der Waals surface area contributed by atoms with Crippen LogP contribution in [0.4, 0.5) is 0 Å². The van der Waals surface area contributed by atoms with Crippen molar-refractivity contribution >= 4 is 17.0 Å². The second-order valence-electron chi connectivity index (χ2n) is 3.57. The maximum absolute atomic E-state index is 11.6. The van der Waals surface area contributed by atoms with E-state index in [9.17, 15) is 9.59 Å². The van der Waals surface area contributed by atoms with Crippen LogP contribution in [0.1, 0.15) is 16.1 Å². The van der Waals surface area contributed by atoms with Crippen LogP contribution in [0.15, 0.2) is 23.0 Å². The monoisotopic (exact) mass is 218 g/mol. The summed E-state index contributed by atoms with van der Waals surface area (Å²) in [6, 6.07) is 4.51. The lowest BCUT2D eigenvalue weighted by Crippen LogP contribution is -2.21. The molecule has 0 fully saturated rings. The van der Waals surface area contributed by atoms with Crippen LogP contribution in [0.5, 0.6) is 0 Å². The summed E-state index contributed by atoms with van der Waals surface area (Å²) < 4.78 is 1.46. The quantitative estimate of drug-likeness (QED) is 0.773. The summed E-state index contributed by atoms with van der Waals surface area (Å²) >= 11 is 0. The van der Waals surface area contributed by atoms with E-state index in [-0.39, 0.29) is 11.1 Å². The minimum atomic E-state index is -1.00. The molecule has 0 amide bonds. The van der Waals surface area contributed by atoms with Crippen molar-refractivity contribution in [3.63, 3.8) is 0 Å². The number of hydrogen-bond donors (Lipinski definition) is 1. The highest BCUT2D eigenvalue weighted by Crippen LogP contribution is 2.12. The van der Waals surface area contributed by atoms with Crippen molar-refractivity contribution in [1.82, 2.24) is 9.55 Å². The Morgan fingerprint density at radius 1 is 1.44 bits per heavy atom. The first-order valence-corrected chi connectivity index (χ1v) is 4.71. The number of rotatable bonds is 1. The highest BCUT2D eigenvalue weighted by Gasteiger charge is 2.08. The van der Waals surface area contributed by atoms with E-state index in [1.54, 1.807) is 20.0 Å². The molecular formula is C11H10N2O3. The largest absolute Gasteiger partial charge is 0.478 e. The summed E-state index contributed by atoms with van der Waals surface area (Å²) in [4.78, 5) is 26.5. The van der Waals surface area contributed by atoms with E-state index in [0.717, 1.165) is 0 Å². The summed E-state index contributed by atoms with van der Waals surface area (Å²) in [6.07, 6.45) is 0. The third kappa shape index (κ3) is 1.46.